The molecule has 2 rings (SSSR count). The van der Waals surface area contributed by atoms with E-state index in [-0.39, 0.29) is 18.5 Å². The van der Waals surface area contributed by atoms with Gasteiger partial charge in [0.25, 0.3) is 0 Å². The average Bonchev–Trinajstić information content (AvgIpc) is 2.49. The van der Waals surface area contributed by atoms with Gasteiger partial charge >= 0.3 is 6.03 Å². The van der Waals surface area contributed by atoms with Crippen LogP contribution in [0.3, 0.4) is 0 Å². The molecule has 5 nitrogen and oxygen atoms in total. The third-order valence-electron chi connectivity index (χ3n) is 3.28. The Hall–Kier alpha value is -2.82. The van der Waals surface area contributed by atoms with E-state index in [1.54, 1.807) is 24.3 Å². The highest BCUT2D eigenvalue weighted by molar-refractivity contribution is 5.91. The summed E-state index contributed by atoms with van der Waals surface area (Å²) in [5, 5.41) is 5.62. The molecule has 0 aromatic heterocycles. The van der Waals surface area contributed by atoms with Crippen molar-refractivity contribution in [1.29, 1.82) is 0 Å². The molecule has 0 aliphatic rings. The number of carbonyl (C=O) groups is 2. The maximum atomic E-state index is 12.1. The number of hydrogen-bond acceptors (Lipinski definition) is 2. The molecule has 2 aromatic rings. The van der Waals surface area contributed by atoms with Crippen LogP contribution in [0.15, 0.2) is 54.6 Å². The van der Waals surface area contributed by atoms with Crippen molar-refractivity contribution in [2.45, 2.75) is 19.4 Å². The second-order valence-corrected chi connectivity index (χ2v) is 5.03. The molecule has 0 unspecified atom stereocenters. The van der Waals surface area contributed by atoms with E-state index in [1.165, 1.54) is 0 Å². The molecule has 0 aliphatic carbocycles. The summed E-state index contributed by atoms with van der Waals surface area (Å²) < 4.78 is 0. The van der Waals surface area contributed by atoms with E-state index in [9.17, 15) is 9.59 Å². The van der Waals surface area contributed by atoms with Gasteiger partial charge in [0.05, 0.1) is 12.5 Å². The molecule has 22 heavy (non-hydrogen) atoms. The molecule has 2 aromatic carbocycles. The average molecular weight is 297 g/mol. The number of nitrogens with one attached hydrogen (secondary N) is 2. The van der Waals surface area contributed by atoms with Crippen molar-refractivity contribution in [2.75, 3.05) is 5.32 Å². The maximum absolute atomic E-state index is 12.1. The van der Waals surface area contributed by atoms with Crippen LogP contribution < -0.4 is 16.4 Å². The van der Waals surface area contributed by atoms with E-state index in [1.807, 2.05) is 37.3 Å². The largest absolute Gasteiger partial charge is 0.369 e. The maximum Gasteiger partial charge on any atom is 0.319 e. The normalized spacial score (nSPS) is 11.5. The molecule has 0 radical (unpaired) electrons. The van der Waals surface area contributed by atoms with Gasteiger partial charge in [-0.15, -0.1) is 0 Å². The molecule has 0 fully saturated rings. The molecule has 5 heteroatoms. The zero-order valence-corrected chi connectivity index (χ0v) is 12.4. The molecule has 4 N–H and O–H groups in total. The van der Waals surface area contributed by atoms with Gasteiger partial charge in [-0.1, -0.05) is 48.5 Å². The molecule has 1 atom stereocenters. The lowest BCUT2D eigenvalue weighted by atomic mass is 10.1. The number of benzene rings is 2. The standard InChI is InChI=1S/C17H19N3O2/c1-12(13-7-3-2-4-8-13)19-17(22)20-15-10-6-5-9-14(15)11-16(18)21/h2-10,12H,11H2,1H3,(H2,18,21)(H2,19,20,22)/t12-/m1/s1. The first-order valence-electron chi connectivity index (χ1n) is 7.05. The SMILES string of the molecule is C[C@@H](NC(=O)Nc1ccccc1CC(N)=O)c1ccccc1. The van der Waals surface area contributed by atoms with Crippen LogP contribution in [0.5, 0.6) is 0 Å². The summed E-state index contributed by atoms with van der Waals surface area (Å²) in [4.78, 5) is 23.2. The minimum atomic E-state index is -0.438. The molecule has 0 heterocycles. The highest BCUT2D eigenvalue weighted by Gasteiger charge is 2.11. The van der Waals surface area contributed by atoms with Crippen LogP contribution >= 0.6 is 0 Å². The zero-order valence-electron chi connectivity index (χ0n) is 12.4. The Morgan fingerprint density at radius 1 is 1.05 bits per heavy atom. The van der Waals surface area contributed by atoms with Crippen molar-refractivity contribution < 1.29 is 9.59 Å². The molecular formula is C17H19N3O2. The Kier molecular flexibility index (Phi) is 5.14. The first-order valence-corrected chi connectivity index (χ1v) is 7.05. The fraction of sp³-hybridized carbons (Fsp3) is 0.176. The number of para-hydroxylation sites is 1. The van der Waals surface area contributed by atoms with Crippen LogP contribution in [0.4, 0.5) is 10.5 Å². The van der Waals surface area contributed by atoms with Crippen LogP contribution in [-0.2, 0) is 11.2 Å². The van der Waals surface area contributed by atoms with Crippen LogP contribution in [0.25, 0.3) is 0 Å². The lowest BCUT2D eigenvalue weighted by Crippen LogP contribution is -2.31. The molecule has 0 saturated heterocycles. The monoisotopic (exact) mass is 297 g/mol. The number of hydrogen-bond donors (Lipinski definition) is 3. The summed E-state index contributed by atoms with van der Waals surface area (Å²) in [6, 6.07) is 16.3. The predicted molar refractivity (Wildman–Crippen MR) is 86.4 cm³/mol. The van der Waals surface area contributed by atoms with E-state index >= 15 is 0 Å². The first kappa shape index (κ1) is 15.6. The van der Waals surface area contributed by atoms with Gasteiger partial charge in [-0.05, 0) is 24.1 Å². The van der Waals surface area contributed by atoms with Crippen molar-refractivity contribution in [3.63, 3.8) is 0 Å². The highest BCUT2D eigenvalue weighted by Crippen LogP contribution is 2.16. The van der Waals surface area contributed by atoms with Gasteiger partial charge < -0.3 is 16.4 Å². The second kappa shape index (κ2) is 7.26. The van der Waals surface area contributed by atoms with E-state index in [0.29, 0.717) is 11.3 Å². The number of primary amides is 1. The Morgan fingerprint density at radius 3 is 2.36 bits per heavy atom. The fourth-order valence-corrected chi connectivity index (χ4v) is 2.16. The topological polar surface area (TPSA) is 84.2 Å². The molecule has 3 amide bonds. The number of urea groups is 1. The van der Waals surface area contributed by atoms with E-state index < -0.39 is 5.91 Å². The summed E-state index contributed by atoms with van der Waals surface area (Å²) in [7, 11) is 0. The minimum Gasteiger partial charge on any atom is -0.369 e. The Morgan fingerprint density at radius 2 is 1.68 bits per heavy atom. The number of rotatable bonds is 5. The van der Waals surface area contributed by atoms with Crippen molar-refractivity contribution in [3.8, 4) is 0 Å². The van der Waals surface area contributed by atoms with Gasteiger partial charge in [0.15, 0.2) is 0 Å². The van der Waals surface area contributed by atoms with E-state index in [4.69, 9.17) is 5.73 Å². The molecule has 0 aliphatic heterocycles. The molecule has 0 bridgehead atoms. The van der Waals surface area contributed by atoms with Gasteiger partial charge in [-0.2, -0.15) is 0 Å². The molecule has 0 saturated carbocycles. The van der Waals surface area contributed by atoms with E-state index in [2.05, 4.69) is 10.6 Å². The summed E-state index contributed by atoms with van der Waals surface area (Å²) in [5.41, 5.74) is 7.50. The number of anilines is 1. The van der Waals surface area contributed by atoms with Crippen molar-refractivity contribution >= 4 is 17.6 Å². The first-order chi connectivity index (χ1) is 10.6. The Bertz CT molecular complexity index is 656. The van der Waals surface area contributed by atoms with Gasteiger partial charge in [0.1, 0.15) is 0 Å². The smallest absolute Gasteiger partial charge is 0.319 e. The predicted octanol–water partition coefficient (Wildman–Crippen LogP) is 2.60. The second-order valence-electron chi connectivity index (χ2n) is 5.03. The molecule has 114 valence electrons. The van der Waals surface area contributed by atoms with Gasteiger partial charge in [-0.25, -0.2) is 4.79 Å². The van der Waals surface area contributed by atoms with Crippen LogP contribution in [0, 0.1) is 0 Å². The van der Waals surface area contributed by atoms with Crippen molar-refractivity contribution in [2.24, 2.45) is 5.73 Å². The quantitative estimate of drug-likeness (QED) is 0.792. The Labute approximate surface area is 129 Å². The Balaban J connectivity index is 2.02. The number of carbonyl (C=O) groups excluding carboxylic acids is 2. The number of nitrogens with two attached hydrogens (primary N) is 1. The third-order valence-corrected chi connectivity index (χ3v) is 3.28. The third kappa shape index (κ3) is 4.34. The van der Waals surface area contributed by atoms with Crippen LogP contribution in [-0.4, -0.2) is 11.9 Å². The summed E-state index contributed by atoms with van der Waals surface area (Å²) in [5.74, 6) is -0.438. The fourth-order valence-electron chi connectivity index (χ4n) is 2.16. The molecule has 0 spiro atoms. The van der Waals surface area contributed by atoms with Gasteiger partial charge in [0, 0.05) is 5.69 Å². The number of amides is 3. The van der Waals surface area contributed by atoms with Crippen LogP contribution in [0.1, 0.15) is 24.1 Å². The van der Waals surface area contributed by atoms with Gasteiger partial charge in [-0.3, -0.25) is 4.79 Å². The van der Waals surface area contributed by atoms with Crippen molar-refractivity contribution in [1.82, 2.24) is 5.32 Å². The lowest BCUT2D eigenvalue weighted by Gasteiger charge is -2.16. The van der Waals surface area contributed by atoms with Gasteiger partial charge in [0.2, 0.25) is 5.91 Å². The summed E-state index contributed by atoms with van der Waals surface area (Å²) >= 11 is 0. The highest BCUT2D eigenvalue weighted by atomic mass is 16.2. The van der Waals surface area contributed by atoms with Crippen LogP contribution in [0.2, 0.25) is 0 Å². The van der Waals surface area contributed by atoms with Crippen molar-refractivity contribution in [3.05, 3.63) is 65.7 Å². The summed E-state index contributed by atoms with van der Waals surface area (Å²) in [6.07, 6.45) is 0.0880. The lowest BCUT2D eigenvalue weighted by molar-refractivity contribution is -0.117. The minimum absolute atomic E-state index is 0.0880. The zero-order chi connectivity index (χ0) is 15.9. The van der Waals surface area contributed by atoms with E-state index in [0.717, 1.165) is 5.56 Å². The summed E-state index contributed by atoms with van der Waals surface area (Å²) in [6.45, 7) is 1.91. The molecular weight excluding hydrogens is 278 g/mol.